The zero-order valence-corrected chi connectivity index (χ0v) is 10.7. The van der Waals surface area contributed by atoms with Crippen LogP contribution in [0.25, 0.3) is 0 Å². The molecule has 3 N–H and O–H groups in total. The summed E-state index contributed by atoms with van der Waals surface area (Å²) in [6.07, 6.45) is 0.974. The van der Waals surface area contributed by atoms with Gasteiger partial charge in [-0.3, -0.25) is 4.79 Å². The Labute approximate surface area is 103 Å². The fourth-order valence-electron chi connectivity index (χ4n) is 2.04. The molecule has 0 aliphatic rings. The SMILES string of the molecule is CCc1ccc(C(N)C(C(=O)O)C(C)C)cc1. The predicted octanol–water partition coefficient (Wildman–Crippen LogP) is 2.61. The van der Waals surface area contributed by atoms with Crippen LogP contribution in [0.2, 0.25) is 0 Å². The van der Waals surface area contributed by atoms with Crippen LogP contribution < -0.4 is 5.73 Å². The predicted molar refractivity (Wildman–Crippen MR) is 68.7 cm³/mol. The Morgan fingerprint density at radius 3 is 2.18 bits per heavy atom. The second-order valence-electron chi connectivity index (χ2n) is 4.73. The van der Waals surface area contributed by atoms with Crippen molar-refractivity contribution in [3.8, 4) is 0 Å². The maximum absolute atomic E-state index is 11.2. The second kappa shape index (κ2) is 5.82. The van der Waals surface area contributed by atoms with Crippen molar-refractivity contribution >= 4 is 5.97 Å². The number of benzene rings is 1. The lowest BCUT2D eigenvalue weighted by atomic mass is 9.85. The fourth-order valence-corrected chi connectivity index (χ4v) is 2.04. The molecule has 3 heteroatoms. The molecule has 2 unspecified atom stereocenters. The number of hydrogen-bond donors (Lipinski definition) is 2. The fraction of sp³-hybridized carbons (Fsp3) is 0.500. The van der Waals surface area contributed by atoms with Gasteiger partial charge in [0.05, 0.1) is 5.92 Å². The molecule has 0 amide bonds. The van der Waals surface area contributed by atoms with E-state index in [1.165, 1.54) is 5.56 Å². The number of carbonyl (C=O) groups is 1. The van der Waals surface area contributed by atoms with Crippen molar-refractivity contribution in [2.24, 2.45) is 17.6 Å². The van der Waals surface area contributed by atoms with E-state index >= 15 is 0 Å². The Bertz CT molecular complexity index is 370. The quantitative estimate of drug-likeness (QED) is 0.824. The molecule has 1 rings (SSSR count). The van der Waals surface area contributed by atoms with Crippen molar-refractivity contribution in [2.45, 2.75) is 33.2 Å². The Morgan fingerprint density at radius 1 is 1.29 bits per heavy atom. The van der Waals surface area contributed by atoms with Crippen LogP contribution in [0.3, 0.4) is 0 Å². The Kier molecular flexibility index (Phi) is 4.70. The monoisotopic (exact) mass is 235 g/mol. The van der Waals surface area contributed by atoms with Gasteiger partial charge in [-0.25, -0.2) is 0 Å². The molecule has 94 valence electrons. The molecule has 0 aliphatic heterocycles. The zero-order valence-electron chi connectivity index (χ0n) is 10.7. The number of nitrogens with two attached hydrogens (primary N) is 1. The van der Waals surface area contributed by atoms with Crippen LogP contribution >= 0.6 is 0 Å². The molecule has 0 radical (unpaired) electrons. The van der Waals surface area contributed by atoms with Gasteiger partial charge in [0.15, 0.2) is 0 Å². The first kappa shape index (κ1) is 13.7. The van der Waals surface area contributed by atoms with Crippen molar-refractivity contribution in [1.82, 2.24) is 0 Å². The summed E-state index contributed by atoms with van der Waals surface area (Å²) in [5.74, 6) is -1.34. The molecule has 2 atom stereocenters. The van der Waals surface area contributed by atoms with Gasteiger partial charge in [0, 0.05) is 6.04 Å². The highest BCUT2D eigenvalue weighted by Crippen LogP contribution is 2.26. The lowest BCUT2D eigenvalue weighted by Crippen LogP contribution is -2.32. The van der Waals surface area contributed by atoms with E-state index in [0.29, 0.717) is 0 Å². The summed E-state index contributed by atoms with van der Waals surface area (Å²) in [4.78, 5) is 11.2. The van der Waals surface area contributed by atoms with Crippen LogP contribution in [-0.4, -0.2) is 11.1 Å². The molecule has 0 aliphatic carbocycles. The summed E-state index contributed by atoms with van der Waals surface area (Å²) in [6, 6.07) is 7.44. The van der Waals surface area contributed by atoms with Crippen molar-refractivity contribution in [3.63, 3.8) is 0 Å². The minimum absolute atomic E-state index is 0.0216. The smallest absolute Gasteiger partial charge is 0.308 e. The number of aliphatic carboxylic acids is 1. The molecule has 0 bridgehead atoms. The maximum Gasteiger partial charge on any atom is 0.308 e. The highest BCUT2D eigenvalue weighted by atomic mass is 16.4. The van der Waals surface area contributed by atoms with Gasteiger partial charge >= 0.3 is 5.97 Å². The van der Waals surface area contributed by atoms with Gasteiger partial charge < -0.3 is 10.8 Å². The lowest BCUT2D eigenvalue weighted by Gasteiger charge is -2.23. The standard InChI is InChI=1S/C14H21NO2/c1-4-10-5-7-11(8-6-10)13(15)12(9(2)3)14(16)17/h5-9,12-13H,4,15H2,1-3H3,(H,16,17). The number of hydrogen-bond acceptors (Lipinski definition) is 2. The second-order valence-corrected chi connectivity index (χ2v) is 4.73. The highest BCUT2D eigenvalue weighted by molar-refractivity contribution is 5.71. The molecule has 1 aromatic rings. The van der Waals surface area contributed by atoms with Crippen LogP contribution in [0.1, 0.15) is 37.9 Å². The van der Waals surface area contributed by atoms with Crippen molar-refractivity contribution in [3.05, 3.63) is 35.4 Å². The first-order valence-electron chi connectivity index (χ1n) is 6.04. The summed E-state index contributed by atoms with van der Waals surface area (Å²) in [7, 11) is 0. The number of carboxylic acids is 1. The van der Waals surface area contributed by atoms with Crippen LogP contribution in [0.15, 0.2) is 24.3 Å². The summed E-state index contributed by atoms with van der Waals surface area (Å²) >= 11 is 0. The Hall–Kier alpha value is -1.35. The lowest BCUT2D eigenvalue weighted by molar-refractivity contribution is -0.144. The van der Waals surface area contributed by atoms with Gasteiger partial charge in [-0.2, -0.15) is 0 Å². The normalized spacial score (nSPS) is 14.6. The third-order valence-electron chi connectivity index (χ3n) is 3.16. The van der Waals surface area contributed by atoms with E-state index < -0.39 is 17.9 Å². The van der Waals surface area contributed by atoms with Gasteiger partial charge in [0.1, 0.15) is 0 Å². The molecule has 17 heavy (non-hydrogen) atoms. The summed E-state index contributed by atoms with van der Waals surface area (Å²) in [6.45, 7) is 5.86. The molecule has 1 aromatic carbocycles. The Balaban J connectivity index is 2.93. The molecular formula is C14H21NO2. The average Bonchev–Trinajstić information content (AvgIpc) is 2.28. The van der Waals surface area contributed by atoms with E-state index in [1.807, 2.05) is 38.1 Å². The van der Waals surface area contributed by atoms with Crippen molar-refractivity contribution < 1.29 is 9.90 Å². The largest absolute Gasteiger partial charge is 0.481 e. The van der Waals surface area contributed by atoms with Crippen LogP contribution in [0, 0.1) is 11.8 Å². The molecule has 0 heterocycles. The Morgan fingerprint density at radius 2 is 1.82 bits per heavy atom. The van der Waals surface area contributed by atoms with E-state index in [-0.39, 0.29) is 5.92 Å². The zero-order chi connectivity index (χ0) is 13.0. The minimum Gasteiger partial charge on any atom is -0.481 e. The minimum atomic E-state index is -0.827. The van der Waals surface area contributed by atoms with Crippen LogP contribution in [0.5, 0.6) is 0 Å². The number of aryl methyl sites for hydroxylation is 1. The third-order valence-corrected chi connectivity index (χ3v) is 3.16. The van der Waals surface area contributed by atoms with Crippen molar-refractivity contribution in [2.75, 3.05) is 0 Å². The first-order valence-corrected chi connectivity index (χ1v) is 6.04. The van der Waals surface area contributed by atoms with Crippen LogP contribution in [-0.2, 0) is 11.2 Å². The maximum atomic E-state index is 11.2. The van der Waals surface area contributed by atoms with E-state index in [9.17, 15) is 9.90 Å². The summed E-state index contributed by atoms with van der Waals surface area (Å²) in [5, 5.41) is 9.20. The molecule has 0 aromatic heterocycles. The van der Waals surface area contributed by atoms with E-state index in [1.54, 1.807) is 0 Å². The summed E-state index contributed by atoms with van der Waals surface area (Å²) < 4.78 is 0. The van der Waals surface area contributed by atoms with Gasteiger partial charge in [-0.1, -0.05) is 45.0 Å². The topological polar surface area (TPSA) is 63.3 Å². The van der Waals surface area contributed by atoms with Gasteiger partial charge in [0.25, 0.3) is 0 Å². The van der Waals surface area contributed by atoms with E-state index in [2.05, 4.69) is 6.92 Å². The van der Waals surface area contributed by atoms with E-state index in [4.69, 9.17) is 5.73 Å². The van der Waals surface area contributed by atoms with Gasteiger partial charge in [0.2, 0.25) is 0 Å². The van der Waals surface area contributed by atoms with Gasteiger partial charge in [-0.05, 0) is 23.5 Å². The molecular weight excluding hydrogens is 214 g/mol. The molecule has 0 fully saturated rings. The molecule has 3 nitrogen and oxygen atoms in total. The molecule has 0 saturated carbocycles. The van der Waals surface area contributed by atoms with Crippen LogP contribution in [0.4, 0.5) is 0 Å². The molecule has 0 saturated heterocycles. The van der Waals surface area contributed by atoms with Gasteiger partial charge in [-0.15, -0.1) is 0 Å². The highest BCUT2D eigenvalue weighted by Gasteiger charge is 2.29. The number of rotatable bonds is 5. The van der Waals surface area contributed by atoms with E-state index in [0.717, 1.165) is 12.0 Å². The average molecular weight is 235 g/mol. The first-order chi connectivity index (χ1) is 7.97. The number of carboxylic acid groups (broad SMARTS) is 1. The third kappa shape index (κ3) is 3.30. The van der Waals surface area contributed by atoms with Crippen molar-refractivity contribution in [1.29, 1.82) is 0 Å². The molecule has 0 spiro atoms. The summed E-state index contributed by atoms with van der Waals surface area (Å²) in [5.41, 5.74) is 8.18.